The fourth-order valence-electron chi connectivity index (χ4n) is 7.18. The van der Waals surface area contributed by atoms with Crippen molar-refractivity contribution < 1.29 is 41.7 Å². The number of hydrogen-bond acceptors (Lipinski definition) is 11. The van der Waals surface area contributed by atoms with Crippen LogP contribution in [0.25, 0.3) is 0 Å². The first-order valence-corrected chi connectivity index (χ1v) is 22.4. The Balaban J connectivity index is 1.13. The molecule has 1 saturated heterocycles. The van der Waals surface area contributed by atoms with Gasteiger partial charge in [-0.25, -0.2) is 22.2 Å². The van der Waals surface area contributed by atoms with Gasteiger partial charge in [0.05, 0.1) is 22.3 Å². The Hall–Kier alpha value is -2.78. The monoisotopic (exact) mass is 825 g/mol. The minimum Gasteiger partial charge on any atom is -0.480 e. The molecule has 54 heavy (non-hydrogen) atoms. The number of unbranched alkanes of at least 4 members (excludes halogenated alkanes) is 2. The van der Waals surface area contributed by atoms with Crippen molar-refractivity contribution in [2.24, 2.45) is 11.3 Å². The number of rotatable bonds is 16. The maximum absolute atomic E-state index is 13.3. The average Bonchev–Trinajstić information content (AvgIpc) is 3.51. The van der Waals surface area contributed by atoms with Gasteiger partial charge in [0.2, 0.25) is 10.0 Å². The lowest BCUT2D eigenvalue weighted by atomic mass is 9.85. The summed E-state index contributed by atoms with van der Waals surface area (Å²) < 4.78 is 55.4. The van der Waals surface area contributed by atoms with E-state index in [1.807, 2.05) is 41.7 Å². The third kappa shape index (κ3) is 11.0. The molecule has 1 saturated carbocycles. The summed E-state index contributed by atoms with van der Waals surface area (Å²) in [5, 5.41) is 13.4. The molecule has 1 amide bonds. The predicted octanol–water partition coefficient (Wildman–Crippen LogP) is 7.38. The van der Waals surface area contributed by atoms with Crippen molar-refractivity contribution >= 4 is 65.1 Å². The van der Waals surface area contributed by atoms with E-state index in [0.29, 0.717) is 12.8 Å². The summed E-state index contributed by atoms with van der Waals surface area (Å²) in [5.74, 6) is -1.97. The normalized spacial score (nSPS) is 22.5. The number of aliphatic carboxylic acids is 1. The molecule has 2 aromatic rings. The quantitative estimate of drug-likeness (QED) is 0.0505. The number of nitrogens with one attached hydrogen (secondary N) is 2. The molecule has 2 fully saturated rings. The smallest absolute Gasteiger partial charge is 0.480 e. The van der Waals surface area contributed by atoms with Gasteiger partial charge in [0, 0.05) is 23.9 Å². The molecule has 17 heteroatoms. The van der Waals surface area contributed by atoms with E-state index in [-0.39, 0.29) is 41.0 Å². The summed E-state index contributed by atoms with van der Waals surface area (Å²) in [5.41, 5.74) is 0.733. The van der Waals surface area contributed by atoms with Crippen molar-refractivity contribution in [2.45, 2.75) is 126 Å². The van der Waals surface area contributed by atoms with Crippen LogP contribution >= 0.6 is 31.6 Å². The topological polar surface area (TPSA) is 172 Å². The lowest BCUT2D eigenvalue weighted by Crippen LogP contribution is -2.47. The number of esters is 1. The van der Waals surface area contributed by atoms with Crippen LogP contribution in [0, 0.1) is 11.3 Å². The minimum atomic E-state index is -3.87. The van der Waals surface area contributed by atoms with E-state index in [4.69, 9.17) is 20.9 Å². The average molecular weight is 826 g/mol. The number of sulfonamides is 1. The van der Waals surface area contributed by atoms with E-state index >= 15 is 0 Å². The van der Waals surface area contributed by atoms with Crippen LogP contribution < -0.4 is 10.0 Å². The lowest BCUT2D eigenvalue weighted by Gasteiger charge is -2.35. The van der Waals surface area contributed by atoms with Crippen molar-refractivity contribution in [1.82, 2.24) is 13.9 Å². The van der Waals surface area contributed by atoms with Crippen LogP contribution in [-0.4, -0.2) is 78.3 Å². The maximum Gasteiger partial charge on any atom is 0.522 e. The molecule has 0 radical (unpaired) electrons. The Kier molecular flexibility index (Phi) is 14.5. The Bertz CT molecular complexity index is 1800. The largest absolute Gasteiger partial charge is 0.522 e. The SMILES string of the molecule is CN1Sc2cc(S(=O)(=O)NCc3ccccc3)c(Cl)cc2NC1CCCCCC(OC(=O)C(C)(C)C)O[P+](=O)CC(=O)N1[C@@H]2CCCC[C@@H]2C[C@H]1C(=O)O. The van der Waals surface area contributed by atoms with Gasteiger partial charge in [0.15, 0.2) is 0 Å². The number of fused-ring (bicyclic) bond motifs is 2. The van der Waals surface area contributed by atoms with Gasteiger partial charge < -0.3 is 20.1 Å². The number of ether oxygens (including phenoxy) is 1. The number of carbonyl (C=O) groups is 3. The van der Waals surface area contributed by atoms with Crippen molar-refractivity contribution in [3.63, 3.8) is 0 Å². The first kappa shape index (κ1) is 42.4. The van der Waals surface area contributed by atoms with Gasteiger partial charge in [0.25, 0.3) is 18.4 Å². The summed E-state index contributed by atoms with van der Waals surface area (Å²) in [6.07, 6.45) is 5.33. The molecule has 6 atom stereocenters. The number of carbonyl (C=O) groups excluding carboxylic acids is 2. The maximum atomic E-state index is 13.3. The molecule has 3 aliphatic rings. The van der Waals surface area contributed by atoms with Crippen LogP contribution in [0.15, 0.2) is 52.3 Å². The zero-order valence-electron chi connectivity index (χ0n) is 31.2. The van der Waals surface area contributed by atoms with Crippen LogP contribution in [0.2, 0.25) is 5.02 Å². The number of carboxylic acids is 1. The van der Waals surface area contributed by atoms with Crippen LogP contribution in [0.1, 0.15) is 90.5 Å². The fourth-order valence-corrected chi connectivity index (χ4v) is 10.7. The number of benzene rings is 2. The summed E-state index contributed by atoms with van der Waals surface area (Å²) in [7, 11) is -4.52. The first-order chi connectivity index (χ1) is 25.5. The molecule has 2 heterocycles. The minimum absolute atomic E-state index is 0.00778. The molecule has 296 valence electrons. The zero-order valence-corrected chi connectivity index (χ0v) is 34.4. The van der Waals surface area contributed by atoms with Gasteiger partial charge in [-0.05, 0) is 100 Å². The van der Waals surface area contributed by atoms with Crippen molar-refractivity contribution in [1.29, 1.82) is 0 Å². The summed E-state index contributed by atoms with van der Waals surface area (Å²) in [4.78, 5) is 40.3. The lowest BCUT2D eigenvalue weighted by molar-refractivity contribution is -0.173. The Morgan fingerprint density at radius 1 is 1.11 bits per heavy atom. The van der Waals surface area contributed by atoms with E-state index in [1.165, 1.54) is 16.8 Å². The number of hydrogen-bond donors (Lipinski definition) is 3. The molecule has 13 nitrogen and oxygen atoms in total. The number of halogens is 1. The summed E-state index contributed by atoms with van der Waals surface area (Å²) >= 11 is 7.92. The molecule has 2 aliphatic heterocycles. The fraction of sp³-hybridized carbons (Fsp3) is 0.595. The molecule has 3 unspecified atom stereocenters. The molecule has 1 aliphatic carbocycles. The van der Waals surface area contributed by atoms with E-state index < -0.39 is 59.8 Å². The Morgan fingerprint density at radius 3 is 2.54 bits per heavy atom. The molecule has 0 spiro atoms. The van der Waals surface area contributed by atoms with Crippen molar-refractivity contribution in [2.75, 3.05) is 18.5 Å². The highest BCUT2D eigenvalue weighted by molar-refractivity contribution is 7.97. The highest BCUT2D eigenvalue weighted by Crippen LogP contribution is 2.43. The van der Waals surface area contributed by atoms with E-state index in [2.05, 4.69) is 10.0 Å². The van der Waals surface area contributed by atoms with Crippen molar-refractivity contribution in [3.8, 4) is 0 Å². The summed E-state index contributed by atoms with van der Waals surface area (Å²) in [6.45, 7) is 5.25. The van der Waals surface area contributed by atoms with Gasteiger partial charge in [0.1, 0.15) is 10.9 Å². The number of carboxylic acid groups (broad SMARTS) is 1. The second-order valence-corrected chi connectivity index (χ2v) is 19.7. The molecule has 5 rings (SSSR count). The second-order valence-electron chi connectivity index (χ2n) is 15.2. The highest BCUT2D eigenvalue weighted by atomic mass is 35.5. The van der Waals surface area contributed by atoms with Crippen LogP contribution in [-0.2, 0) is 44.8 Å². The van der Waals surface area contributed by atoms with E-state index in [1.54, 1.807) is 32.9 Å². The standard InChI is InChI=1S/C37H50ClN4O9PS2/c1-37(2,3)36(46)50-34(51-52(47)23-33(43)42-28-16-12-11-15-25(28)19-29(42)35(44)45)18-10-6-9-17-32-40-27-20-26(38)31(21-30(27)53-41(32)4)54(48,49)39-22-24-13-7-5-8-14-24/h5,7-8,13-14,20-21,25,28-29,32,34,39-40H,6,9-12,15-19,22-23H2,1-4H3/p+1/t25-,28-,29+,32?,34?/m1/s1. The Morgan fingerprint density at radius 2 is 1.83 bits per heavy atom. The number of likely N-dealkylation sites (tertiary alicyclic amines) is 1. The van der Waals surface area contributed by atoms with Crippen LogP contribution in [0.5, 0.6) is 0 Å². The van der Waals surface area contributed by atoms with Crippen molar-refractivity contribution in [3.05, 3.63) is 53.1 Å². The predicted molar refractivity (Wildman–Crippen MR) is 208 cm³/mol. The summed E-state index contributed by atoms with van der Waals surface area (Å²) in [6, 6.07) is 11.3. The van der Waals surface area contributed by atoms with Crippen LogP contribution in [0.4, 0.5) is 5.69 Å². The molecular formula is C37H51ClN4O9PS2+. The zero-order chi connectivity index (χ0) is 39.2. The molecule has 3 N–H and O–H groups in total. The van der Waals surface area contributed by atoms with Gasteiger partial charge in [-0.15, -0.1) is 4.52 Å². The van der Waals surface area contributed by atoms with E-state index in [9.17, 15) is 32.5 Å². The first-order valence-electron chi connectivity index (χ1n) is 18.4. The number of nitrogens with zero attached hydrogens (tertiary/aromatic N) is 2. The molecule has 0 aromatic heterocycles. The number of amides is 1. The Labute approximate surface area is 328 Å². The molecule has 2 aromatic carbocycles. The molecule has 0 bridgehead atoms. The van der Waals surface area contributed by atoms with Gasteiger partial charge in [-0.2, -0.15) is 0 Å². The number of anilines is 1. The van der Waals surface area contributed by atoms with E-state index in [0.717, 1.165) is 61.1 Å². The third-order valence-corrected chi connectivity index (χ3v) is 14.0. The van der Waals surface area contributed by atoms with Gasteiger partial charge in [-0.1, -0.05) is 67.6 Å². The molecular weight excluding hydrogens is 775 g/mol. The second kappa shape index (κ2) is 18.4. The highest BCUT2D eigenvalue weighted by Gasteiger charge is 2.49. The van der Waals surface area contributed by atoms with Crippen LogP contribution in [0.3, 0.4) is 0 Å². The van der Waals surface area contributed by atoms with Gasteiger partial charge in [-0.3, -0.25) is 9.59 Å². The third-order valence-electron chi connectivity index (χ3n) is 10.1. The van der Waals surface area contributed by atoms with Gasteiger partial charge >= 0.3 is 20.0 Å².